The highest BCUT2D eigenvalue weighted by Gasteiger charge is 2.38. The van der Waals surface area contributed by atoms with Gasteiger partial charge in [0, 0.05) is 35.5 Å². The highest BCUT2D eigenvalue weighted by atomic mass is 16.6. The Hall–Kier alpha value is -4.59. The molecule has 2 N–H and O–H groups in total. The van der Waals surface area contributed by atoms with Crippen molar-refractivity contribution in [3.63, 3.8) is 0 Å². The monoisotopic (exact) mass is 551 g/mol. The van der Waals surface area contributed by atoms with Crippen molar-refractivity contribution in [3.05, 3.63) is 95.2 Å². The zero-order valence-electron chi connectivity index (χ0n) is 23.2. The molecular weight excluding hydrogens is 518 g/mol. The number of amides is 2. The predicted octanol–water partition coefficient (Wildman–Crippen LogP) is 5.09. The van der Waals surface area contributed by atoms with E-state index < -0.39 is 24.1 Å². The molecule has 2 amide bonds. The molecule has 1 saturated heterocycles. The molecule has 0 saturated carbocycles. The number of aromatic nitrogens is 1. The molecule has 8 nitrogen and oxygen atoms in total. The maximum atomic E-state index is 13.5. The summed E-state index contributed by atoms with van der Waals surface area (Å²) in [5.74, 6) is -0.984. The second-order valence-electron chi connectivity index (χ2n) is 10.7. The van der Waals surface area contributed by atoms with Crippen molar-refractivity contribution in [3.8, 4) is 11.1 Å². The Balaban J connectivity index is 1.15. The second-order valence-corrected chi connectivity index (χ2v) is 10.7. The number of hydrogen-bond acceptors (Lipinski definition) is 5. The third kappa shape index (κ3) is 4.94. The number of para-hydroxylation sites is 1. The number of aryl methyl sites for hydroxylation is 1. The van der Waals surface area contributed by atoms with Gasteiger partial charge in [0.05, 0.1) is 7.11 Å². The highest BCUT2D eigenvalue weighted by molar-refractivity contribution is 5.91. The Kier molecular flexibility index (Phi) is 7.22. The van der Waals surface area contributed by atoms with E-state index in [0.29, 0.717) is 19.4 Å². The molecule has 6 rings (SSSR count). The van der Waals surface area contributed by atoms with Crippen LogP contribution in [0.2, 0.25) is 0 Å². The van der Waals surface area contributed by atoms with Crippen molar-refractivity contribution >= 4 is 28.9 Å². The summed E-state index contributed by atoms with van der Waals surface area (Å²) in [7, 11) is 1.31. The van der Waals surface area contributed by atoms with E-state index >= 15 is 0 Å². The number of ether oxygens (including phenoxy) is 2. The van der Waals surface area contributed by atoms with Gasteiger partial charge in [-0.2, -0.15) is 0 Å². The number of esters is 1. The van der Waals surface area contributed by atoms with E-state index in [1.54, 1.807) is 0 Å². The van der Waals surface area contributed by atoms with Crippen molar-refractivity contribution in [2.45, 2.75) is 44.2 Å². The van der Waals surface area contributed by atoms with Crippen molar-refractivity contribution in [2.75, 3.05) is 20.3 Å². The molecule has 4 aromatic rings. The predicted molar refractivity (Wildman–Crippen MR) is 155 cm³/mol. The average molecular weight is 552 g/mol. The topological polar surface area (TPSA) is 101 Å². The lowest BCUT2D eigenvalue weighted by molar-refractivity contribution is -0.145. The normalized spacial score (nSPS) is 16.7. The summed E-state index contributed by atoms with van der Waals surface area (Å²) in [5.41, 5.74) is 7.40. The lowest BCUT2D eigenvalue weighted by Crippen LogP contribution is -2.52. The number of nitrogens with zero attached hydrogens (tertiary/aromatic N) is 1. The minimum atomic E-state index is -0.893. The van der Waals surface area contributed by atoms with Crippen LogP contribution in [0.1, 0.15) is 41.1 Å². The molecule has 1 fully saturated rings. The Morgan fingerprint density at radius 3 is 2.34 bits per heavy atom. The molecule has 0 bridgehead atoms. The fourth-order valence-corrected chi connectivity index (χ4v) is 6.34. The van der Waals surface area contributed by atoms with E-state index in [4.69, 9.17) is 9.47 Å². The molecule has 2 aliphatic rings. The van der Waals surface area contributed by atoms with Crippen LogP contribution in [0.25, 0.3) is 22.0 Å². The number of nitrogens with one attached hydrogen (secondary N) is 2. The van der Waals surface area contributed by atoms with E-state index in [2.05, 4.69) is 34.6 Å². The van der Waals surface area contributed by atoms with Crippen LogP contribution < -0.4 is 5.32 Å². The molecule has 8 heteroatoms. The van der Waals surface area contributed by atoms with Gasteiger partial charge in [-0.15, -0.1) is 0 Å². The number of H-pyrrole nitrogens is 1. The van der Waals surface area contributed by atoms with Crippen LogP contribution in [0, 0.1) is 6.92 Å². The molecule has 0 radical (unpaired) electrons. The number of rotatable bonds is 7. The highest BCUT2D eigenvalue weighted by Crippen LogP contribution is 2.44. The number of likely N-dealkylation sites (tertiary alicyclic amines) is 1. The molecule has 1 aliphatic carbocycles. The lowest BCUT2D eigenvalue weighted by Gasteiger charge is -2.26. The first-order valence-electron chi connectivity index (χ1n) is 14.0. The summed E-state index contributed by atoms with van der Waals surface area (Å²) in [6.07, 6.45) is 0.918. The smallest absolute Gasteiger partial charge is 0.410 e. The average Bonchev–Trinajstić information content (AvgIpc) is 3.70. The summed E-state index contributed by atoms with van der Waals surface area (Å²) in [6, 6.07) is 22.6. The summed E-state index contributed by atoms with van der Waals surface area (Å²) in [5, 5.41) is 3.87. The number of fused-ring (bicyclic) bond motifs is 4. The molecular formula is C33H33N3O5. The third-order valence-corrected chi connectivity index (χ3v) is 8.36. The molecule has 2 atom stereocenters. The number of benzene rings is 3. The van der Waals surface area contributed by atoms with Crippen LogP contribution in [0.3, 0.4) is 0 Å². The van der Waals surface area contributed by atoms with Crippen molar-refractivity contribution < 1.29 is 23.9 Å². The SMILES string of the molecule is COC(=O)[C@@H](Cc1c(C)[nH]c2ccccc12)NC(=O)[C@@H]1CCCN1C(=O)OCC1c2ccccc2-c2ccccc21. The molecule has 210 valence electrons. The van der Waals surface area contributed by atoms with Gasteiger partial charge in [-0.3, -0.25) is 9.69 Å². The van der Waals surface area contributed by atoms with E-state index in [9.17, 15) is 14.4 Å². The van der Waals surface area contributed by atoms with Crippen molar-refractivity contribution in [1.29, 1.82) is 0 Å². The number of methoxy groups -OCH3 is 1. The molecule has 1 aromatic heterocycles. The van der Waals surface area contributed by atoms with E-state index in [-0.39, 0.29) is 24.9 Å². The zero-order chi connectivity index (χ0) is 28.5. The largest absolute Gasteiger partial charge is 0.467 e. The Bertz CT molecular complexity index is 1580. The summed E-state index contributed by atoms with van der Waals surface area (Å²) < 4.78 is 10.9. The maximum Gasteiger partial charge on any atom is 0.410 e. The summed E-state index contributed by atoms with van der Waals surface area (Å²) >= 11 is 0. The van der Waals surface area contributed by atoms with Crippen LogP contribution in [0.4, 0.5) is 4.79 Å². The Labute approximate surface area is 238 Å². The number of carbonyl (C=O) groups excluding carboxylic acids is 3. The fourth-order valence-electron chi connectivity index (χ4n) is 6.34. The van der Waals surface area contributed by atoms with Gasteiger partial charge in [-0.1, -0.05) is 66.7 Å². The quantitative estimate of drug-likeness (QED) is 0.312. The Morgan fingerprint density at radius 1 is 0.976 bits per heavy atom. The molecule has 41 heavy (non-hydrogen) atoms. The molecule has 0 unspecified atom stereocenters. The summed E-state index contributed by atoms with van der Waals surface area (Å²) in [4.78, 5) is 44.3. The van der Waals surface area contributed by atoms with E-state index in [0.717, 1.165) is 44.4 Å². The van der Waals surface area contributed by atoms with Crippen LogP contribution in [0.15, 0.2) is 72.8 Å². The van der Waals surface area contributed by atoms with Gasteiger partial charge >= 0.3 is 12.1 Å². The molecule has 0 spiro atoms. The summed E-state index contributed by atoms with van der Waals surface area (Å²) in [6.45, 7) is 2.54. The Morgan fingerprint density at radius 2 is 1.63 bits per heavy atom. The first-order valence-corrected chi connectivity index (χ1v) is 14.0. The van der Waals surface area contributed by atoms with Crippen LogP contribution in [0.5, 0.6) is 0 Å². The van der Waals surface area contributed by atoms with Crippen molar-refractivity contribution in [1.82, 2.24) is 15.2 Å². The third-order valence-electron chi connectivity index (χ3n) is 8.36. The van der Waals surface area contributed by atoms with Gasteiger partial charge in [0.1, 0.15) is 18.7 Å². The van der Waals surface area contributed by atoms with E-state index in [1.807, 2.05) is 55.5 Å². The van der Waals surface area contributed by atoms with Gasteiger partial charge in [-0.25, -0.2) is 9.59 Å². The van der Waals surface area contributed by atoms with Gasteiger partial charge in [0.2, 0.25) is 5.91 Å². The molecule has 1 aliphatic heterocycles. The van der Waals surface area contributed by atoms with Gasteiger partial charge < -0.3 is 19.8 Å². The number of hydrogen-bond donors (Lipinski definition) is 2. The minimum Gasteiger partial charge on any atom is -0.467 e. The van der Waals surface area contributed by atoms with Crippen molar-refractivity contribution in [2.24, 2.45) is 0 Å². The number of carbonyl (C=O) groups is 3. The molecule has 2 heterocycles. The van der Waals surface area contributed by atoms with Crippen LogP contribution >= 0.6 is 0 Å². The van der Waals surface area contributed by atoms with Crippen LogP contribution in [-0.4, -0.2) is 60.2 Å². The number of aromatic amines is 1. The van der Waals surface area contributed by atoms with E-state index in [1.165, 1.54) is 12.0 Å². The zero-order valence-corrected chi connectivity index (χ0v) is 23.2. The minimum absolute atomic E-state index is 0.0654. The lowest BCUT2D eigenvalue weighted by atomic mass is 9.98. The van der Waals surface area contributed by atoms with Gasteiger partial charge in [0.25, 0.3) is 0 Å². The first kappa shape index (κ1) is 26.6. The van der Waals surface area contributed by atoms with Crippen LogP contribution in [-0.2, 0) is 25.5 Å². The second kappa shape index (κ2) is 11.1. The van der Waals surface area contributed by atoms with Gasteiger partial charge in [0.15, 0.2) is 0 Å². The van der Waals surface area contributed by atoms with Gasteiger partial charge in [-0.05, 0) is 53.6 Å². The maximum absolute atomic E-state index is 13.5. The fraction of sp³-hybridized carbons (Fsp3) is 0.303. The first-order chi connectivity index (χ1) is 20.0. The standard InChI is InChI=1S/C33H33N3O5/c1-20-26(25-14-7-8-15-28(25)34-20)18-29(32(38)40-2)35-31(37)30-16-9-17-36(30)33(39)41-19-27-23-12-5-3-10-21(23)22-11-4-6-13-24(22)27/h3-8,10-15,27,29-30,34H,9,16-19H2,1-2H3,(H,35,37)/t29-,30+/m1/s1. The molecule has 3 aromatic carbocycles.